The van der Waals surface area contributed by atoms with Gasteiger partial charge < -0.3 is 5.32 Å². The van der Waals surface area contributed by atoms with Crippen molar-refractivity contribution in [1.82, 2.24) is 9.55 Å². The zero-order chi connectivity index (χ0) is 21.0. The number of alkyl halides is 3. The van der Waals surface area contributed by atoms with Crippen molar-refractivity contribution >= 4 is 34.5 Å². The molecule has 1 saturated carbocycles. The van der Waals surface area contributed by atoms with Crippen molar-refractivity contribution in [3.63, 3.8) is 0 Å². The third kappa shape index (κ3) is 3.01. The highest BCUT2D eigenvalue weighted by molar-refractivity contribution is 6.05. The number of anilines is 2. The molecule has 1 aliphatic heterocycles. The smallest absolute Gasteiger partial charge is 0.325 e. The van der Waals surface area contributed by atoms with Crippen LogP contribution in [0.25, 0.3) is 11.0 Å². The van der Waals surface area contributed by atoms with Crippen LogP contribution in [-0.4, -0.2) is 27.4 Å². The van der Waals surface area contributed by atoms with Crippen molar-refractivity contribution in [2.75, 3.05) is 10.2 Å². The Kier molecular flexibility index (Phi) is 4.09. The van der Waals surface area contributed by atoms with E-state index in [-0.39, 0.29) is 24.1 Å². The maximum Gasteiger partial charge on any atom is 0.418 e. The molecule has 0 radical (unpaired) electrons. The van der Waals surface area contributed by atoms with Gasteiger partial charge in [0, 0.05) is 6.04 Å². The van der Waals surface area contributed by atoms with Crippen molar-refractivity contribution in [1.29, 1.82) is 0 Å². The summed E-state index contributed by atoms with van der Waals surface area (Å²) in [5, 5.41) is 2.33. The average Bonchev–Trinajstić information content (AvgIpc) is 3.40. The SMILES string of the molecule is O=C(CC1C(=O)N(C2CC2)c2nc3ccccc3n21)Nc1ccccc1C(F)(F)F. The molecular weight excluding hydrogens is 397 g/mol. The second-order valence-electron chi connectivity index (χ2n) is 7.52. The zero-order valence-corrected chi connectivity index (χ0v) is 15.7. The first-order valence-corrected chi connectivity index (χ1v) is 9.60. The molecule has 0 spiro atoms. The lowest BCUT2D eigenvalue weighted by molar-refractivity contribution is -0.137. The summed E-state index contributed by atoms with van der Waals surface area (Å²) in [6, 6.07) is 11.3. The number of carbonyl (C=O) groups is 2. The van der Waals surface area contributed by atoms with Crippen LogP contribution in [0.4, 0.5) is 24.8 Å². The number of nitrogens with zero attached hydrogens (tertiary/aromatic N) is 3. The molecule has 0 bridgehead atoms. The molecule has 1 aromatic heterocycles. The predicted molar refractivity (Wildman–Crippen MR) is 104 cm³/mol. The fourth-order valence-corrected chi connectivity index (χ4v) is 3.95. The molecule has 3 aromatic rings. The van der Waals surface area contributed by atoms with E-state index in [0.29, 0.717) is 11.5 Å². The Labute approximate surface area is 169 Å². The second-order valence-corrected chi connectivity index (χ2v) is 7.52. The molecule has 5 rings (SSSR count). The maximum atomic E-state index is 13.2. The molecule has 2 aromatic carbocycles. The van der Waals surface area contributed by atoms with Gasteiger partial charge in [-0.3, -0.25) is 19.1 Å². The van der Waals surface area contributed by atoms with E-state index in [0.717, 1.165) is 24.4 Å². The monoisotopic (exact) mass is 414 g/mol. The summed E-state index contributed by atoms with van der Waals surface area (Å²) in [6.45, 7) is 0. The molecule has 6 nitrogen and oxygen atoms in total. The summed E-state index contributed by atoms with van der Waals surface area (Å²) < 4.78 is 41.4. The Bertz CT molecular complexity index is 1170. The molecule has 154 valence electrons. The van der Waals surface area contributed by atoms with E-state index in [1.54, 1.807) is 9.47 Å². The molecule has 9 heteroatoms. The Morgan fingerprint density at radius 3 is 2.53 bits per heavy atom. The second kappa shape index (κ2) is 6.58. The number of fused-ring (bicyclic) bond motifs is 3. The van der Waals surface area contributed by atoms with E-state index in [2.05, 4.69) is 10.3 Å². The number of imidazole rings is 1. The van der Waals surface area contributed by atoms with Crippen molar-refractivity contribution in [3.05, 3.63) is 54.1 Å². The number of para-hydroxylation sites is 3. The number of benzene rings is 2. The van der Waals surface area contributed by atoms with Crippen molar-refractivity contribution in [2.24, 2.45) is 0 Å². The van der Waals surface area contributed by atoms with E-state index in [1.165, 1.54) is 18.2 Å². The van der Waals surface area contributed by atoms with E-state index in [4.69, 9.17) is 0 Å². The molecule has 2 heterocycles. The molecule has 30 heavy (non-hydrogen) atoms. The molecule has 1 aliphatic carbocycles. The fourth-order valence-electron chi connectivity index (χ4n) is 3.95. The largest absolute Gasteiger partial charge is 0.418 e. The normalized spacial score (nSPS) is 18.7. The lowest BCUT2D eigenvalue weighted by Crippen LogP contribution is -2.33. The first-order valence-electron chi connectivity index (χ1n) is 9.60. The van der Waals surface area contributed by atoms with Gasteiger partial charge in [0.2, 0.25) is 11.9 Å². The summed E-state index contributed by atoms with van der Waals surface area (Å²) >= 11 is 0. The lowest BCUT2D eigenvalue weighted by atomic mass is 10.1. The minimum atomic E-state index is -4.59. The number of aromatic nitrogens is 2. The highest BCUT2D eigenvalue weighted by Crippen LogP contribution is 2.42. The third-order valence-corrected chi connectivity index (χ3v) is 5.42. The highest BCUT2D eigenvalue weighted by Gasteiger charge is 2.47. The van der Waals surface area contributed by atoms with Crippen molar-refractivity contribution in [2.45, 2.75) is 37.5 Å². The van der Waals surface area contributed by atoms with Gasteiger partial charge in [-0.25, -0.2) is 4.98 Å². The van der Waals surface area contributed by atoms with Gasteiger partial charge in [-0.05, 0) is 37.1 Å². The quantitative estimate of drug-likeness (QED) is 0.698. The number of hydrogen-bond donors (Lipinski definition) is 1. The molecule has 2 amide bonds. The highest BCUT2D eigenvalue weighted by atomic mass is 19.4. The lowest BCUT2D eigenvalue weighted by Gasteiger charge is -2.16. The summed E-state index contributed by atoms with van der Waals surface area (Å²) in [5.74, 6) is -0.409. The molecule has 1 fully saturated rings. The summed E-state index contributed by atoms with van der Waals surface area (Å²) in [4.78, 5) is 31.9. The van der Waals surface area contributed by atoms with Crippen LogP contribution in [0.5, 0.6) is 0 Å². The van der Waals surface area contributed by atoms with Crippen LogP contribution >= 0.6 is 0 Å². The summed E-state index contributed by atoms with van der Waals surface area (Å²) in [6.07, 6.45) is -3.13. The van der Waals surface area contributed by atoms with Crippen LogP contribution in [-0.2, 0) is 15.8 Å². The minimum Gasteiger partial charge on any atom is -0.325 e. The summed E-state index contributed by atoms with van der Waals surface area (Å²) in [7, 11) is 0. The third-order valence-electron chi connectivity index (χ3n) is 5.42. The van der Waals surface area contributed by atoms with Gasteiger partial charge in [0.1, 0.15) is 6.04 Å². The number of amides is 2. The van der Waals surface area contributed by atoms with Gasteiger partial charge in [0.15, 0.2) is 0 Å². The van der Waals surface area contributed by atoms with Crippen LogP contribution in [0.3, 0.4) is 0 Å². The maximum absolute atomic E-state index is 13.2. The van der Waals surface area contributed by atoms with E-state index < -0.39 is 23.7 Å². The van der Waals surface area contributed by atoms with Gasteiger partial charge in [-0.1, -0.05) is 24.3 Å². The van der Waals surface area contributed by atoms with Gasteiger partial charge in [-0.2, -0.15) is 13.2 Å². The predicted octanol–water partition coefficient (Wildman–Crippen LogP) is 4.13. The van der Waals surface area contributed by atoms with Crippen molar-refractivity contribution < 1.29 is 22.8 Å². The Morgan fingerprint density at radius 2 is 1.80 bits per heavy atom. The van der Waals surface area contributed by atoms with E-state index in [1.807, 2.05) is 24.3 Å². The molecule has 1 N–H and O–H groups in total. The standard InChI is InChI=1S/C21H17F3N4O2/c22-21(23,24)13-5-1-2-6-14(13)25-18(29)11-17-19(30)27(12-9-10-12)20-26-15-7-3-4-8-16(15)28(17)20/h1-8,12,17H,9-11H2,(H,25,29). The van der Waals surface area contributed by atoms with Gasteiger partial charge >= 0.3 is 6.18 Å². The number of halogens is 3. The van der Waals surface area contributed by atoms with Crippen LogP contribution in [0, 0.1) is 0 Å². The number of rotatable bonds is 4. The molecule has 1 atom stereocenters. The molecule has 0 saturated heterocycles. The fraction of sp³-hybridized carbons (Fsp3) is 0.286. The summed E-state index contributed by atoms with van der Waals surface area (Å²) in [5.41, 5.74) is 0.177. The number of hydrogen-bond acceptors (Lipinski definition) is 3. The van der Waals surface area contributed by atoms with E-state index >= 15 is 0 Å². The topological polar surface area (TPSA) is 67.2 Å². The first kappa shape index (κ1) is 18.7. The van der Waals surface area contributed by atoms with Crippen LogP contribution in [0.15, 0.2) is 48.5 Å². The van der Waals surface area contributed by atoms with Gasteiger partial charge in [-0.15, -0.1) is 0 Å². The zero-order valence-electron chi connectivity index (χ0n) is 15.7. The van der Waals surface area contributed by atoms with Crippen molar-refractivity contribution in [3.8, 4) is 0 Å². The van der Waals surface area contributed by atoms with Crippen LogP contribution in [0.1, 0.15) is 30.9 Å². The van der Waals surface area contributed by atoms with Gasteiger partial charge in [0.05, 0.1) is 28.7 Å². The molecule has 1 unspecified atom stereocenters. The van der Waals surface area contributed by atoms with Crippen LogP contribution in [0.2, 0.25) is 0 Å². The van der Waals surface area contributed by atoms with Crippen LogP contribution < -0.4 is 10.2 Å². The number of nitrogens with one attached hydrogen (secondary N) is 1. The molecule has 2 aliphatic rings. The first-order chi connectivity index (χ1) is 14.3. The Hall–Kier alpha value is -3.36. The Morgan fingerprint density at radius 1 is 1.10 bits per heavy atom. The van der Waals surface area contributed by atoms with E-state index in [9.17, 15) is 22.8 Å². The van der Waals surface area contributed by atoms with Gasteiger partial charge in [0.25, 0.3) is 5.91 Å². The molecular formula is C21H17F3N4O2. The minimum absolute atomic E-state index is 0.0621. The number of carbonyl (C=O) groups excluding carboxylic acids is 2. The average molecular weight is 414 g/mol. The Balaban J connectivity index is 1.46.